The van der Waals surface area contributed by atoms with E-state index >= 15 is 4.39 Å². The first-order valence-electron chi connectivity index (χ1n) is 11.8. The van der Waals surface area contributed by atoms with Gasteiger partial charge in [0, 0.05) is 42.4 Å². The van der Waals surface area contributed by atoms with Gasteiger partial charge in [0.05, 0.1) is 23.6 Å². The molecule has 35 heavy (non-hydrogen) atoms. The van der Waals surface area contributed by atoms with Gasteiger partial charge in [0.2, 0.25) is 5.43 Å². The van der Waals surface area contributed by atoms with Crippen molar-refractivity contribution in [2.75, 3.05) is 31.6 Å². The lowest BCUT2D eigenvalue weighted by Crippen LogP contribution is -2.49. The molecule has 0 bridgehead atoms. The summed E-state index contributed by atoms with van der Waals surface area (Å²) < 4.78 is 24.2. The average Bonchev–Trinajstić information content (AvgIpc) is 3.68. The fourth-order valence-corrected chi connectivity index (χ4v) is 4.98. The van der Waals surface area contributed by atoms with Crippen molar-refractivity contribution in [1.82, 2.24) is 9.88 Å². The number of anilines is 1. The van der Waals surface area contributed by atoms with Gasteiger partial charge in [0.15, 0.2) is 17.3 Å². The molecule has 0 amide bonds. The molecule has 8 heteroatoms. The van der Waals surface area contributed by atoms with Crippen molar-refractivity contribution in [3.63, 3.8) is 0 Å². The number of allylic oxidation sites excluding steroid dienone is 1. The standard InChI is InChI=1S/C27H27BrFN3O3/c1-16-14-31(12-11-30-16)25-22(29)13-20-24(27(25)35-2)32(19-8-9-19)15-21(26(20)34)23(33)10-5-17-3-6-18(28)7-4-17/h3-7,10,13,15-16,19,30H,8-9,11-12,14H2,1-2H3/b10-5+. The minimum atomic E-state index is -0.516. The summed E-state index contributed by atoms with van der Waals surface area (Å²) >= 11 is 3.39. The van der Waals surface area contributed by atoms with Crippen molar-refractivity contribution in [3.05, 3.63) is 74.2 Å². The molecule has 1 saturated carbocycles. The zero-order valence-corrected chi connectivity index (χ0v) is 21.3. The third-order valence-corrected chi connectivity index (χ3v) is 7.12. The molecule has 1 N–H and O–H groups in total. The van der Waals surface area contributed by atoms with Gasteiger partial charge in [-0.05, 0) is 49.6 Å². The number of aromatic nitrogens is 1. The average molecular weight is 540 g/mol. The summed E-state index contributed by atoms with van der Waals surface area (Å²) in [6.45, 7) is 4.05. The molecular weight excluding hydrogens is 513 g/mol. The molecule has 1 atom stereocenters. The molecule has 1 aliphatic carbocycles. The van der Waals surface area contributed by atoms with E-state index in [4.69, 9.17) is 4.74 Å². The van der Waals surface area contributed by atoms with Crippen LogP contribution in [0.2, 0.25) is 0 Å². The monoisotopic (exact) mass is 539 g/mol. The zero-order chi connectivity index (χ0) is 24.7. The van der Waals surface area contributed by atoms with Crippen molar-refractivity contribution in [2.45, 2.75) is 31.8 Å². The summed E-state index contributed by atoms with van der Waals surface area (Å²) in [6, 6.07) is 9.13. The summed E-state index contributed by atoms with van der Waals surface area (Å²) in [5.74, 6) is -0.575. The Morgan fingerprint density at radius 3 is 2.66 bits per heavy atom. The molecule has 1 aliphatic heterocycles. The van der Waals surface area contributed by atoms with E-state index in [0.29, 0.717) is 30.0 Å². The molecule has 2 fully saturated rings. The van der Waals surface area contributed by atoms with Gasteiger partial charge < -0.3 is 19.5 Å². The summed E-state index contributed by atoms with van der Waals surface area (Å²) in [5, 5.41) is 3.53. The molecule has 3 aromatic rings. The van der Waals surface area contributed by atoms with Crippen LogP contribution in [0.3, 0.4) is 0 Å². The number of rotatable bonds is 6. The number of ketones is 1. The summed E-state index contributed by atoms with van der Waals surface area (Å²) in [4.78, 5) is 28.5. The molecule has 0 spiro atoms. The molecule has 0 radical (unpaired) electrons. The number of nitrogens with one attached hydrogen (secondary N) is 1. The first-order chi connectivity index (χ1) is 16.9. The van der Waals surface area contributed by atoms with Crippen LogP contribution in [0.1, 0.15) is 41.7 Å². The van der Waals surface area contributed by atoms with E-state index in [1.165, 1.54) is 19.3 Å². The molecule has 1 unspecified atom stereocenters. The third-order valence-electron chi connectivity index (χ3n) is 6.59. The minimum absolute atomic E-state index is 0.0303. The number of ether oxygens (including phenoxy) is 1. The molecule has 2 aliphatic rings. The maximum absolute atomic E-state index is 15.5. The number of hydrogen-bond donors (Lipinski definition) is 1. The van der Waals surface area contributed by atoms with Crippen LogP contribution < -0.4 is 20.4 Å². The van der Waals surface area contributed by atoms with Gasteiger partial charge >= 0.3 is 0 Å². The summed E-state index contributed by atoms with van der Waals surface area (Å²) in [5.41, 5.74) is 1.31. The molecule has 1 aromatic heterocycles. The van der Waals surface area contributed by atoms with Crippen molar-refractivity contribution in [2.24, 2.45) is 0 Å². The van der Waals surface area contributed by atoms with Gasteiger partial charge in [-0.15, -0.1) is 0 Å². The SMILES string of the molecule is COc1c(N2CCNC(C)C2)c(F)cc2c(=O)c(C(=O)/C=C/c3ccc(Br)cc3)cn(C3CC3)c12. The highest BCUT2D eigenvalue weighted by atomic mass is 79.9. The normalized spacial score (nSPS) is 18.4. The van der Waals surface area contributed by atoms with Crippen LogP contribution in [0.25, 0.3) is 17.0 Å². The molecule has 5 rings (SSSR count). The lowest BCUT2D eigenvalue weighted by molar-refractivity contribution is 0.104. The van der Waals surface area contributed by atoms with Crippen LogP contribution in [0.5, 0.6) is 5.75 Å². The second-order valence-electron chi connectivity index (χ2n) is 9.20. The topological polar surface area (TPSA) is 63.6 Å². The van der Waals surface area contributed by atoms with E-state index < -0.39 is 17.0 Å². The highest BCUT2D eigenvalue weighted by Crippen LogP contribution is 2.43. The third kappa shape index (κ3) is 4.65. The summed E-state index contributed by atoms with van der Waals surface area (Å²) in [7, 11) is 1.51. The van der Waals surface area contributed by atoms with Crippen LogP contribution in [-0.2, 0) is 0 Å². The number of piperazine rings is 1. The lowest BCUT2D eigenvalue weighted by atomic mass is 10.0. The minimum Gasteiger partial charge on any atom is -0.492 e. The Hall–Kier alpha value is -2.97. The number of methoxy groups -OCH3 is 1. The van der Waals surface area contributed by atoms with Gasteiger partial charge in [-0.3, -0.25) is 9.59 Å². The van der Waals surface area contributed by atoms with Crippen molar-refractivity contribution >= 4 is 44.4 Å². The Morgan fingerprint density at radius 2 is 2.00 bits per heavy atom. The Kier molecular flexibility index (Phi) is 6.51. The van der Waals surface area contributed by atoms with Gasteiger partial charge in [-0.1, -0.05) is 34.1 Å². The lowest BCUT2D eigenvalue weighted by Gasteiger charge is -2.35. The number of benzene rings is 2. The highest BCUT2D eigenvalue weighted by molar-refractivity contribution is 9.10. The van der Waals surface area contributed by atoms with Gasteiger partial charge in [-0.2, -0.15) is 0 Å². The quantitative estimate of drug-likeness (QED) is 0.355. The molecule has 1 saturated heterocycles. The molecule has 2 aromatic carbocycles. The zero-order valence-electron chi connectivity index (χ0n) is 19.7. The Labute approximate surface area is 211 Å². The van der Waals surface area contributed by atoms with E-state index in [2.05, 4.69) is 28.2 Å². The van der Waals surface area contributed by atoms with Gasteiger partial charge in [0.25, 0.3) is 0 Å². The van der Waals surface area contributed by atoms with Crippen molar-refractivity contribution in [1.29, 1.82) is 0 Å². The smallest absolute Gasteiger partial charge is 0.200 e. The largest absolute Gasteiger partial charge is 0.492 e. The molecule has 6 nitrogen and oxygen atoms in total. The van der Waals surface area contributed by atoms with Crippen LogP contribution in [-0.4, -0.2) is 43.1 Å². The first kappa shape index (κ1) is 23.8. The predicted molar refractivity (Wildman–Crippen MR) is 140 cm³/mol. The van der Waals surface area contributed by atoms with E-state index in [-0.39, 0.29) is 23.0 Å². The molecule has 2 heterocycles. The van der Waals surface area contributed by atoms with E-state index in [9.17, 15) is 9.59 Å². The first-order valence-corrected chi connectivity index (χ1v) is 12.6. The van der Waals surface area contributed by atoms with E-state index in [1.54, 1.807) is 12.3 Å². The van der Waals surface area contributed by atoms with Crippen LogP contribution in [0.4, 0.5) is 10.1 Å². The van der Waals surface area contributed by atoms with E-state index in [0.717, 1.165) is 29.4 Å². The Balaban J connectivity index is 1.64. The van der Waals surface area contributed by atoms with Crippen LogP contribution in [0.15, 0.2) is 51.9 Å². The number of hydrogen-bond acceptors (Lipinski definition) is 5. The number of nitrogens with zero attached hydrogens (tertiary/aromatic N) is 2. The summed E-state index contributed by atoms with van der Waals surface area (Å²) in [6.07, 6.45) is 6.56. The maximum Gasteiger partial charge on any atom is 0.200 e. The van der Waals surface area contributed by atoms with Crippen LogP contribution in [0, 0.1) is 5.82 Å². The highest BCUT2D eigenvalue weighted by Gasteiger charge is 2.31. The number of pyridine rings is 1. The molecular formula is C27H27BrFN3O3. The fraction of sp³-hybridized carbons (Fsp3) is 0.333. The maximum atomic E-state index is 15.5. The second kappa shape index (κ2) is 9.59. The fourth-order valence-electron chi connectivity index (χ4n) is 4.72. The number of carbonyl (C=O) groups is 1. The number of halogens is 2. The Morgan fingerprint density at radius 1 is 1.26 bits per heavy atom. The molecule has 182 valence electrons. The predicted octanol–water partition coefficient (Wildman–Crippen LogP) is 4.94. The van der Waals surface area contributed by atoms with Crippen molar-refractivity contribution in [3.8, 4) is 5.75 Å². The van der Waals surface area contributed by atoms with Gasteiger partial charge in [-0.25, -0.2) is 4.39 Å². The van der Waals surface area contributed by atoms with Crippen molar-refractivity contribution < 1.29 is 13.9 Å². The van der Waals surface area contributed by atoms with E-state index in [1.807, 2.05) is 33.7 Å². The Bertz CT molecular complexity index is 1380. The van der Waals surface area contributed by atoms with Gasteiger partial charge in [0.1, 0.15) is 5.69 Å². The second-order valence-corrected chi connectivity index (χ2v) is 10.1. The van der Waals surface area contributed by atoms with Crippen LogP contribution >= 0.6 is 15.9 Å². The number of fused-ring (bicyclic) bond motifs is 1. The number of carbonyl (C=O) groups excluding carboxylic acids is 1.